The molecule has 2 fully saturated rings. The molecule has 1 aliphatic heterocycles. The number of pyridine rings is 1. The fourth-order valence-electron chi connectivity index (χ4n) is 4.02. The molecule has 3 rings (SSSR count). The average molecular weight is 344 g/mol. The van der Waals surface area contributed by atoms with Crippen molar-refractivity contribution in [2.75, 3.05) is 26.2 Å². The van der Waals surface area contributed by atoms with Crippen LogP contribution in [0, 0.1) is 0 Å². The molecule has 0 aromatic carbocycles. The second kappa shape index (κ2) is 7.95. The number of nitrogens with zero attached hydrogens (tertiary/aromatic N) is 3. The third kappa shape index (κ3) is 4.37. The Bertz CT molecular complexity index is 591. The molecule has 2 aliphatic rings. The van der Waals surface area contributed by atoms with E-state index in [9.17, 15) is 9.59 Å². The van der Waals surface area contributed by atoms with E-state index in [0.717, 1.165) is 57.4 Å². The number of aromatic nitrogens is 1. The van der Waals surface area contributed by atoms with Gasteiger partial charge in [-0.05, 0) is 25.0 Å². The van der Waals surface area contributed by atoms with Crippen molar-refractivity contribution in [3.63, 3.8) is 0 Å². The Balaban J connectivity index is 1.59. The molecule has 0 atom stereocenters. The summed E-state index contributed by atoms with van der Waals surface area (Å²) < 4.78 is 0. The van der Waals surface area contributed by atoms with Crippen LogP contribution in [0.3, 0.4) is 0 Å². The van der Waals surface area contributed by atoms with E-state index in [-0.39, 0.29) is 11.8 Å². The van der Waals surface area contributed by atoms with Gasteiger partial charge in [-0.15, -0.1) is 0 Å². The molecule has 136 valence electrons. The SMILES string of the molecule is CC(=O)NC1(C(=O)N2CCN(Cc3ccccn3)CC2)CCCCC1. The highest BCUT2D eigenvalue weighted by molar-refractivity contribution is 5.91. The number of hydrogen-bond donors (Lipinski definition) is 1. The van der Waals surface area contributed by atoms with Gasteiger partial charge in [-0.1, -0.05) is 25.3 Å². The van der Waals surface area contributed by atoms with Gasteiger partial charge in [0.15, 0.2) is 0 Å². The largest absolute Gasteiger partial charge is 0.342 e. The number of carbonyl (C=O) groups is 2. The molecule has 2 amide bonds. The second-order valence-corrected chi connectivity index (χ2v) is 7.21. The summed E-state index contributed by atoms with van der Waals surface area (Å²) in [5.74, 6) is 0.00363. The lowest BCUT2D eigenvalue weighted by Gasteiger charge is -2.43. The van der Waals surface area contributed by atoms with E-state index < -0.39 is 5.54 Å². The van der Waals surface area contributed by atoms with Crippen LogP contribution in [-0.4, -0.2) is 58.3 Å². The first-order chi connectivity index (χ1) is 12.1. The predicted octanol–water partition coefficient (Wildman–Crippen LogP) is 1.56. The van der Waals surface area contributed by atoms with Crippen LogP contribution in [0.4, 0.5) is 0 Å². The molecule has 0 spiro atoms. The van der Waals surface area contributed by atoms with Crippen LogP contribution in [0.5, 0.6) is 0 Å². The topological polar surface area (TPSA) is 65.5 Å². The molecule has 1 aliphatic carbocycles. The zero-order valence-corrected chi connectivity index (χ0v) is 15.0. The highest BCUT2D eigenvalue weighted by atomic mass is 16.2. The Morgan fingerprint density at radius 1 is 1.12 bits per heavy atom. The van der Waals surface area contributed by atoms with Crippen molar-refractivity contribution >= 4 is 11.8 Å². The smallest absolute Gasteiger partial charge is 0.248 e. The van der Waals surface area contributed by atoms with Gasteiger partial charge in [0.1, 0.15) is 5.54 Å². The molecule has 0 radical (unpaired) electrons. The molecule has 1 saturated heterocycles. The minimum absolute atomic E-state index is 0.107. The molecule has 25 heavy (non-hydrogen) atoms. The number of piperazine rings is 1. The van der Waals surface area contributed by atoms with Crippen LogP contribution in [0.25, 0.3) is 0 Å². The van der Waals surface area contributed by atoms with E-state index in [2.05, 4.69) is 15.2 Å². The van der Waals surface area contributed by atoms with Crippen LogP contribution >= 0.6 is 0 Å². The van der Waals surface area contributed by atoms with Crippen LogP contribution in [0.15, 0.2) is 24.4 Å². The van der Waals surface area contributed by atoms with Gasteiger partial charge in [-0.25, -0.2) is 0 Å². The zero-order chi connectivity index (χ0) is 17.7. The molecule has 1 N–H and O–H groups in total. The first-order valence-electron chi connectivity index (χ1n) is 9.29. The maximum atomic E-state index is 13.2. The van der Waals surface area contributed by atoms with Gasteiger partial charge < -0.3 is 10.2 Å². The summed E-state index contributed by atoms with van der Waals surface area (Å²) >= 11 is 0. The molecular formula is C19H28N4O2. The second-order valence-electron chi connectivity index (χ2n) is 7.21. The lowest BCUT2D eigenvalue weighted by molar-refractivity contribution is -0.144. The third-order valence-electron chi connectivity index (χ3n) is 5.30. The van der Waals surface area contributed by atoms with Gasteiger partial charge in [0, 0.05) is 45.8 Å². The Hall–Kier alpha value is -1.95. The van der Waals surface area contributed by atoms with Crippen molar-refractivity contribution in [2.24, 2.45) is 0 Å². The van der Waals surface area contributed by atoms with E-state index >= 15 is 0 Å². The van der Waals surface area contributed by atoms with E-state index in [1.54, 1.807) is 0 Å². The Morgan fingerprint density at radius 2 is 1.84 bits per heavy atom. The maximum absolute atomic E-state index is 13.2. The van der Waals surface area contributed by atoms with Crippen LogP contribution in [0.2, 0.25) is 0 Å². The lowest BCUT2D eigenvalue weighted by atomic mass is 9.80. The van der Waals surface area contributed by atoms with Crippen molar-refractivity contribution in [1.29, 1.82) is 0 Å². The van der Waals surface area contributed by atoms with E-state index in [4.69, 9.17) is 0 Å². The van der Waals surface area contributed by atoms with Crippen molar-refractivity contribution in [2.45, 2.75) is 51.1 Å². The van der Waals surface area contributed by atoms with Gasteiger partial charge in [-0.3, -0.25) is 19.5 Å². The summed E-state index contributed by atoms with van der Waals surface area (Å²) in [6.07, 6.45) is 6.50. The van der Waals surface area contributed by atoms with Crippen molar-refractivity contribution in [3.05, 3.63) is 30.1 Å². The Morgan fingerprint density at radius 3 is 2.44 bits per heavy atom. The average Bonchev–Trinajstić information content (AvgIpc) is 2.63. The predicted molar refractivity (Wildman–Crippen MR) is 95.7 cm³/mol. The maximum Gasteiger partial charge on any atom is 0.248 e. The molecule has 0 unspecified atom stereocenters. The van der Waals surface area contributed by atoms with E-state index in [1.807, 2.05) is 29.3 Å². The standard InChI is InChI=1S/C19H28N4O2/c1-16(24)21-19(8-4-2-5-9-19)18(25)23-13-11-22(12-14-23)15-17-7-3-6-10-20-17/h3,6-7,10H,2,4-5,8-9,11-15H2,1H3,(H,21,24). The Kier molecular flexibility index (Phi) is 5.68. The van der Waals surface area contributed by atoms with Crippen LogP contribution < -0.4 is 5.32 Å². The van der Waals surface area contributed by atoms with E-state index in [0.29, 0.717) is 13.1 Å². The summed E-state index contributed by atoms with van der Waals surface area (Å²) in [4.78, 5) is 33.5. The number of carbonyl (C=O) groups excluding carboxylic acids is 2. The molecular weight excluding hydrogens is 316 g/mol. The minimum atomic E-state index is -0.673. The first-order valence-corrected chi connectivity index (χ1v) is 9.29. The van der Waals surface area contributed by atoms with Gasteiger partial charge >= 0.3 is 0 Å². The van der Waals surface area contributed by atoms with Gasteiger partial charge in [0.2, 0.25) is 11.8 Å². The summed E-state index contributed by atoms with van der Waals surface area (Å²) in [6.45, 7) is 5.45. The molecule has 1 aromatic rings. The molecule has 6 nitrogen and oxygen atoms in total. The van der Waals surface area contributed by atoms with Gasteiger partial charge in [0.25, 0.3) is 0 Å². The van der Waals surface area contributed by atoms with Crippen molar-refractivity contribution < 1.29 is 9.59 Å². The number of rotatable bonds is 4. The highest BCUT2D eigenvalue weighted by Crippen LogP contribution is 2.30. The van der Waals surface area contributed by atoms with Crippen molar-refractivity contribution in [1.82, 2.24) is 20.1 Å². The number of hydrogen-bond acceptors (Lipinski definition) is 4. The van der Waals surface area contributed by atoms with Crippen LogP contribution in [-0.2, 0) is 16.1 Å². The minimum Gasteiger partial charge on any atom is -0.342 e. The number of nitrogens with one attached hydrogen (secondary N) is 1. The van der Waals surface area contributed by atoms with Crippen molar-refractivity contribution in [3.8, 4) is 0 Å². The summed E-state index contributed by atoms with van der Waals surface area (Å²) in [7, 11) is 0. The summed E-state index contributed by atoms with van der Waals surface area (Å²) in [6, 6.07) is 5.96. The first kappa shape index (κ1) is 17.9. The Labute approximate surface area is 149 Å². The lowest BCUT2D eigenvalue weighted by Crippen LogP contribution is -2.62. The van der Waals surface area contributed by atoms with Gasteiger partial charge in [-0.2, -0.15) is 0 Å². The quantitative estimate of drug-likeness (QED) is 0.900. The normalized spacial score (nSPS) is 20.9. The summed E-state index contributed by atoms with van der Waals surface area (Å²) in [5.41, 5.74) is 0.386. The molecule has 1 saturated carbocycles. The zero-order valence-electron chi connectivity index (χ0n) is 15.0. The highest BCUT2D eigenvalue weighted by Gasteiger charge is 2.43. The fraction of sp³-hybridized carbons (Fsp3) is 0.632. The van der Waals surface area contributed by atoms with Crippen LogP contribution in [0.1, 0.15) is 44.7 Å². The molecule has 1 aromatic heterocycles. The number of amides is 2. The summed E-state index contributed by atoms with van der Waals surface area (Å²) in [5, 5.41) is 2.99. The van der Waals surface area contributed by atoms with E-state index in [1.165, 1.54) is 6.92 Å². The molecule has 0 bridgehead atoms. The molecule has 2 heterocycles. The monoisotopic (exact) mass is 344 g/mol. The fourth-order valence-corrected chi connectivity index (χ4v) is 4.02. The molecule has 6 heteroatoms. The van der Waals surface area contributed by atoms with Gasteiger partial charge in [0.05, 0.1) is 5.69 Å². The third-order valence-corrected chi connectivity index (χ3v) is 5.30.